The lowest BCUT2D eigenvalue weighted by Gasteiger charge is -2.33. The van der Waals surface area contributed by atoms with Crippen LogP contribution in [0.15, 0.2) is 48.7 Å². The van der Waals surface area contributed by atoms with Gasteiger partial charge in [-0.3, -0.25) is 9.59 Å². The van der Waals surface area contributed by atoms with Crippen LogP contribution in [0.5, 0.6) is 5.75 Å². The molecule has 0 saturated carbocycles. The second-order valence-corrected chi connectivity index (χ2v) is 9.59. The summed E-state index contributed by atoms with van der Waals surface area (Å²) in [4.78, 5) is 30.3. The topological polar surface area (TPSA) is 74.4 Å². The van der Waals surface area contributed by atoms with Crippen molar-refractivity contribution < 1.29 is 18.7 Å². The summed E-state index contributed by atoms with van der Waals surface area (Å²) in [6.07, 6.45) is 3.88. The molecule has 1 aromatic heterocycles. The van der Waals surface area contributed by atoms with Crippen LogP contribution in [-0.4, -0.2) is 52.9 Å². The van der Waals surface area contributed by atoms with E-state index >= 15 is 0 Å². The molecular formula is C25H28FN3O3S. The number of rotatable bonds is 7. The Kier molecular flexibility index (Phi) is 7.23. The van der Waals surface area contributed by atoms with Gasteiger partial charge in [-0.1, -0.05) is 0 Å². The van der Waals surface area contributed by atoms with Crippen molar-refractivity contribution in [3.05, 3.63) is 60.0 Å². The van der Waals surface area contributed by atoms with E-state index in [0.717, 1.165) is 24.1 Å². The number of hydrogen-bond acceptors (Lipinski definition) is 4. The van der Waals surface area contributed by atoms with Gasteiger partial charge in [0.2, 0.25) is 11.8 Å². The first-order chi connectivity index (χ1) is 15.9. The van der Waals surface area contributed by atoms with Crippen LogP contribution in [0.4, 0.5) is 10.1 Å². The van der Waals surface area contributed by atoms with Crippen molar-refractivity contribution in [1.82, 2.24) is 9.88 Å². The Hall–Kier alpha value is -3.00. The molecule has 2 N–H and O–H groups in total. The van der Waals surface area contributed by atoms with E-state index in [1.807, 2.05) is 24.0 Å². The molecule has 174 valence electrons. The highest BCUT2D eigenvalue weighted by Crippen LogP contribution is 2.35. The number of hydrogen-bond donors (Lipinski definition) is 2. The number of ether oxygens (including phenoxy) is 1. The minimum atomic E-state index is -0.352. The highest BCUT2D eigenvalue weighted by molar-refractivity contribution is 8.01. The molecule has 2 heterocycles. The predicted octanol–water partition coefficient (Wildman–Crippen LogP) is 4.78. The molecule has 2 aromatic carbocycles. The van der Waals surface area contributed by atoms with E-state index in [2.05, 4.69) is 22.6 Å². The monoisotopic (exact) mass is 469 g/mol. The van der Waals surface area contributed by atoms with Gasteiger partial charge in [-0.15, -0.1) is 11.8 Å². The fourth-order valence-electron chi connectivity index (χ4n) is 4.26. The number of nitrogens with zero attached hydrogens (tertiary/aromatic N) is 1. The molecule has 0 bridgehead atoms. The first-order valence-corrected chi connectivity index (χ1v) is 12.1. The van der Waals surface area contributed by atoms with Crippen LogP contribution in [-0.2, 0) is 9.59 Å². The molecule has 1 fully saturated rings. The molecule has 1 aliphatic heterocycles. The first-order valence-electron chi connectivity index (χ1n) is 11.1. The third-order valence-corrected chi connectivity index (χ3v) is 7.24. The fraction of sp³-hybridized carbons (Fsp3) is 0.360. The standard InChI is InChI=1S/C25H28FN3O3S/c1-16(33-15-24(30)28-19-5-3-18(26)4-6-19)25(31)29-11-9-17(10-12-29)22-14-27-23-8-7-20(32-2)13-21(22)23/h3-8,13-14,16-17,27H,9-12,15H2,1-2H3,(H,28,30). The SMILES string of the molecule is COc1ccc2[nH]cc(C3CCN(C(=O)C(C)SCC(=O)Nc4ccc(F)cc4)CC3)c2c1. The zero-order chi connectivity index (χ0) is 23.4. The minimum Gasteiger partial charge on any atom is -0.497 e. The molecule has 8 heteroatoms. The number of piperidine rings is 1. The Morgan fingerprint density at radius 2 is 1.94 bits per heavy atom. The van der Waals surface area contributed by atoms with Gasteiger partial charge in [0, 0.05) is 35.9 Å². The number of likely N-dealkylation sites (tertiary alicyclic amines) is 1. The van der Waals surface area contributed by atoms with E-state index in [1.54, 1.807) is 7.11 Å². The van der Waals surface area contributed by atoms with Gasteiger partial charge in [-0.25, -0.2) is 4.39 Å². The number of thioether (sulfide) groups is 1. The Labute approximate surface area is 196 Å². The fourth-order valence-corrected chi connectivity index (χ4v) is 5.02. The number of H-pyrrole nitrogens is 1. The quantitative estimate of drug-likeness (QED) is 0.522. The van der Waals surface area contributed by atoms with Crippen LogP contribution in [0.3, 0.4) is 0 Å². The number of halogens is 1. The van der Waals surface area contributed by atoms with E-state index in [4.69, 9.17) is 4.74 Å². The van der Waals surface area contributed by atoms with Gasteiger partial charge in [0.15, 0.2) is 0 Å². The molecule has 33 heavy (non-hydrogen) atoms. The summed E-state index contributed by atoms with van der Waals surface area (Å²) >= 11 is 1.32. The molecule has 2 amide bonds. The van der Waals surface area contributed by atoms with Crippen molar-refractivity contribution >= 4 is 40.2 Å². The minimum absolute atomic E-state index is 0.0635. The molecule has 6 nitrogen and oxygen atoms in total. The Bertz CT molecular complexity index is 1120. The zero-order valence-corrected chi connectivity index (χ0v) is 19.6. The number of aromatic amines is 1. The van der Waals surface area contributed by atoms with Gasteiger partial charge in [0.05, 0.1) is 18.1 Å². The Balaban J connectivity index is 1.27. The summed E-state index contributed by atoms with van der Waals surface area (Å²) in [5.74, 6) is 0.894. The summed E-state index contributed by atoms with van der Waals surface area (Å²) in [5.41, 5.74) is 2.90. The summed E-state index contributed by atoms with van der Waals surface area (Å²) in [6, 6.07) is 11.7. The number of carbonyl (C=O) groups excluding carboxylic acids is 2. The highest BCUT2D eigenvalue weighted by Gasteiger charge is 2.28. The average Bonchev–Trinajstić information content (AvgIpc) is 3.26. The maximum absolute atomic E-state index is 13.0. The van der Waals surface area contributed by atoms with Gasteiger partial charge < -0.3 is 19.9 Å². The zero-order valence-electron chi connectivity index (χ0n) is 18.8. The Morgan fingerprint density at radius 3 is 2.64 bits per heavy atom. The van der Waals surface area contributed by atoms with Gasteiger partial charge in [-0.2, -0.15) is 0 Å². The number of nitrogens with one attached hydrogen (secondary N) is 2. The third-order valence-electron chi connectivity index (χ3n) is 6.11. The molecular weight excluding hydrogens is 441 g/mol. The van der Waals surface area contributed by atoms with E-state index < -0.39 is 0 Å². The normalized spacial score (nSPS) is 15.4. The van der Waals surface area contributed by atoms with Crippen molar-refractivity contribution in [3.8, 4) is 5.75 Å². The van der Waals surface area contributed by atoms with E-state index in [-0.39, 0.29) is 28.6 Å². The second kappa shape index (κ2) is 10.3. The summed E-state index contributed by atoms with van der Waals surface area (Å²) in [7, 11) is 1.67. The Morgan fingerprint density at radius 1 is 1.21 bits per heavy atom. The van der Waals surface area contributed by atoms with Crippen LogP contribution in [0.1, 0.15) is 31.2 Å². The van der Waals surface area contributed by atoms with Crippen LogP contribution < -0.4 is 10.1 Å². The molecule has 3 aromatic rings. The lowest BCUT2D eigenvalue weighted by Crippen LogP contribution is -2.42. The smallest absolute Gasteiger partial charge is 0.235 e. The van der Waals surface area contributed by atoms with E-state index in [9.17, 15) is 14.0 Å². The van der Waals surface area contributed by atoms with Crippen LogP contribution >= 0.6 is 11.8 Å². The van der Waals surface area contributed by atoms with E-state index in [0.29, 0.717) is 24.7 Å². The molecule has 1 atom stereocenters. The average molecular weight is 470 g/mol. The molecule has 0 aliphatic carbocycles. The van der Waals surface area contributed by atoms with Crippen LogP contribution in [0, 0.1) is 5.82 Å². The summed E-state index contributed by atoms with van der Waals surface area (Å²) in [6.45, 7) is 3.25. The van der Waals surface area contributed by atoms with Gasteiger partial charge in [0.25, 0.3) is 0 Å². The lowest BCUT2D eigenvalue weighted by atomic mass is 9.89. The molecule has 1 unspecified atom stereocenters. The third kappa shape index (κ3) is 5.50. The maximum atomic E-state index is 13.0. The first kappa shape index (κ1) is 23.2. The number of carbonyl (C=O) groups is 2. The van der Waals surface area contributed by atoms with Gasteiger partial charge in [-0.05, 0) is 73.7 Å². The van der Waals surface area contributed by atoms with Crippen molar-refractivity contribution in [3.63, 3.8) is 0 Å². The maximum Gasteiger partial charge on any atom is 0.235 e. The van der Waals surface area contributed by atoms with Gasteiger partial charge >= 0.3 is 0 Å². The van der Waals surface area contributed by atoms with Crippen molar-refractivity contribution in [1.29, 1.82) is 0 Å². The molecule has 0 spiro atoms. The van der Waals surface area contributed by atoms with Crippen molar-refractivity contribution in [2.24, 2.45) is 0 Å². The number of amides is 2. The number of anilines is 1. The predicted molar refractivity (Wildman–Crippen MR) is 130 cm³/mol. The lowest BCUT2D eigenvalue weighted by molar-refractivity contribution is -0.131. The van der Waals surface area contributed by atoms with Crippen LogP contribution in [0.2, 0.25) is 0 Å². The molecule has 1 saturated heterocycles. The largest absolute Gasteiger partial charge is 0.497 e. The number of benzene rings is 2. The van der Waals surface area contributed by atoms with E-state index in [1.165, 1.54) is 47.0 Å². The van der Waals surface area contributed by atoms with Crippen LogP contribution in [0.25, 0.3) is 10.9 Å². The summed E-state index contributed by atoms with van der Waals surface area (Å²) < 4.78 is 18.4. The number of aromatic nitrogens is 1. The molecule has 0 radical (unpaired) electrons. The second-order valence-electron chi connectivity index (χ2n) is 8.26. The van der Waals surface area contributed by atoms with Gasteiger partial charge in [0.1, 0.15) is 11.6 Å². The van der Waals surface area contributed by atoms with Crippen molar-refractivity contribution in [2.45, 2.75) is 30.9 Å². The highest BCUT2D eigenvalue weighted by atomic mass is 32.2. The summed E-state index contributed by atoms with van der Waals surface area (Å²) in [5, 5.41) is 3.59. The van der Waals surface area contributed by atoms with Crippen molar-refractivity contribution in [2.75, 3.05) is 31.3 Å². The number of methoxy groups -OCH3 is 1. The molecule has 1 aliphatic rings. The molecule has 4 rings (SSSR count). The number of fused-ring (bicyclic) bond motifs is 1.